The summed E-state index contributed by atoms with van der Waals surface area (Å²) in [6, 6.07) is 7.47. The number of carbonyl (C=O) groups is 1. The van der Waals surface area contributed by atoms with Gasteiger partial charge in [0.15, 0.2) is 0 Å². The first-order chi connectivity index (χ1) is 9.67. The number of aromatic nitrogens is 2. The van der Waals surface area contributed by atoms with Gasteiger partial charge < -0.3 is 10.4 Å². The summed E-state index contributed by atoms with van der Waals surface area (Å²) in [6.07, 6.45) is 6.71. The van der Waals surface area contributed by atoms with Gasteiger partial charge in [-0.25, -0.2) is 0 Å². The number of aryl methyl sites for hydroxylation is 1. The average molecular weight is 271 g/mol. The van der Waals surface area contributed by atoms with E-state index in [1.54, 1.807) is 17.0 Å². The van der Waals surface area contributed by atoms with Crippen LogP contribution in [0.3, 0.4) is 0 Å². The molecule has 1 heterocycles. The van der Waals surface area contributed by atoms with Gasteiger partial charge in [-0.15, -0.1) is 0 Å². The fourth-order valence-electron chi connectivity index (χ4n) is 1.78. The molecule has 2 aromatic rings. The summed E-state index contributed by atoms with van der Waals surface area (Å²) in [5.41, 5.74) is 2.67. The van der Waals surface area contributed by atoms with Crippen LogP contribution >= 0.6 is 0 Å². The predicted octanol–water partition coefficient (Wildman–Crippen LogP) is 1.24. The Labute approximate surface area is 117 Å². The molecule has 0 atom stereocenters. The predicted molar refractivity (Wildman–Crippen MR) is 76.5 cm³/mol. The maximum Gasteiger partial charge on any atom is 0.244 e. The Morgan fingerprint density at radius 3 is 2.95 bits per heavy atom. The Morgan fingerprint density at radius 2 is 2.25 bits per heavy atom. The lowest BCUT2D eigenvalue weighted by atomic mass is 10.1. The van der Waals surface area contributed by atoms with Gasteiger partial charge in [-0.2, -0.15) is 5.10 Å². The lowest BCUT2D eigenvalue weighted by Crippen LogP contribution is -2.20. The van der Waals surface area contributed by atoms with Crippen molar-refractivity contribution in [3.63, 3.8) is 0 Å². The summed E-state index contributed by atoms with van der Waals surface area (Å²) in [7, 11) is 1.82. The van der Waals surface area contributed by atoms with Crippen molar-refractivity contribution in [1.29, 1.82) is 0 Å². The lowest BCUT2D eigenvalue weighted by molar-refractivity contribution is -0.116. The van der Waals surface area contributed by atoms with E-state index < -0.39 is 0 Å². The molecule has 20 heavy (non-hydrogen) atoms. The highest BCUT2D eigenvalue weighted by Gasteiger charge is 1.99. The minimum atomic E-state index is -0.164. The summed E-state index contributed by atoms with van der Waals surface area (Å²) >= 11 is 0. The Morgan fingerprint density at radius 1 is 1.45 bits per heavy atom. The van der Waals surface area contributed by atoms with E-state index in [4.69, 9.17) is 5.11 Å². The number of nitrogens with one attached hydrogen (secondary N) is 1. The monoisotopic (exact) mass is 271 g/mol. The number of hydrogen-bond acceptors (Lipinski definition) is 3. The van der Waals surface area contributed by atoms with Gasteiger partial charge in [0, 0.05) is 31.4 Å². The molecule has 5 nitrogen and oxygen atoms in total. The Hall–Kier alpha value is -2.40. The van der Waals surface area contributed by atoms with Crippen molar-refractivity contribution in [3.8, 4) is 0 Å². The van der Waals surface area contributed by atoms with Crippen LogP contribution in [0.25, 0.3) is 6.08 Å². The molecule has 0 aliphatic heterocycles. The SMILES string of the molecule is Cn1cc(C=CC(=O)NCc2cccc(CO)c2)cn1. The molecule has 2 rings (SSSR count). The molecule has 0 fully saturated rings. The van der Waals surface area contributed by atoms with Crippen molar-refractivity contribution in [3.05, 3.63) is 59.4 Å². The third-order valence-electron chi connectivity index (χ3n) is 2.79. The van der Waals surface area contributed by atoms with Crippen LogP contribution < -0.4 is 5.32 Å². The van der Waals surface area contributed by atoms with E-state index in [1.165, 1.54) is 6.08 Å². The highest BCUT2D eigenvalue weighted by molar-refractivity contribution is 5.91. The molecule has 0 spiro atoms. The molecule has 104 valence electrons. The van der Waals surface area contributed by atoms with Gasteiger partial charge in [0.25, 0.3) is 0 Å². The molecule has 1 aromatic heterocycles. The quantitative estimate of drug-likeness (QED) is 0.804. The van der Waals surface area contributed by atoms with E-state index in [-0.39, 0.29) is 12.5 Å². The summed E-state index contributed by atoms with van der Waals surface area (Å²) < 4.78 is 1.68. The molecule has 0 aliphatic carbocycles. The maximum atomic E-state index is 11.7. The molecule has 0 aliphatic rings. The number of benzene rings is 1. The highest BCUT2D eigenvalue weighted by Crippen LogP contribution is 2.05. The Balaban J connectivity index is 1.87. The number of rotatable bonds is 5. The third-order valence-corrected chi connectivity index (χ3v) is 2.79. The zero-order valence-electron chi connectivity index (χ0n) is 11.3. The second kappa shape index (κ2) is 6.68. The van der Waals surface area contributed by atoms with E-state index >= 15 is 0 Å². The zero-order valence-corrected chi connectivity index (χ0v) is 11.3. The second-order valence-electron chi connectivity index (χ2n) is 4.48. The Bertz CT molecular complexity index is 617. The van der Waals surface area contributed by atoms with Crippen LogP contribution in [-0.4, -0.2) is 20.8 Å². The maximum absolute atomic E-state index is 11.7. The van der Waals surface area contributed by atoms with Gasteiger partial charge in [-0.1, -0.05) is 24.3 Å². The molecule has 0 radical (unpaired) electrons. The fraction of sp³-hybridized carbons (Fsp3) is 0.200. The smallest absolute Gasteiger partial charge is 0.244 e. The summed E-state index contributed by atoms with van der Waals surface area (Å²) in [5, 5.41) is 15.9. The average Bonchev–Trinajstić information content (AvgIpc) is 2.89. The van der Waals surface area contributed by atoms with Crippen LogP contribution in [0.15, 0.2) is 42.7 Å². The second-order valence-corrected chi connectivity index (χ2v) is 4.48. The molecule has 0 saturated heterocycles. The first kappa shape index (κ1) is 14.0. The van der Waals surface area contributed by atoms with E-state index in [2.05, 4.69) is 10.4 Å². The number of aliphatic hydroxyl groups excluding tert-OH is 1. The normalized spacial score (nSPS) is 10.9. The lowest BCUT2D eigenvalue weighted by Gasteiger charge is -2.04. The number of hydrogen-bond donors (Lipinski definition) is 2. The van der Waals surface area contributed by atoms with Gasteiger partial charge in [-0.05, 0) is 17.2 Å². The number of nitrogens with zero attached hydrogens (tertiary/aromatic N) is 2. The first-order valence-corrected chi connectivity index (χ1v) is 6.30. The van der Waals surface area contributed by atoms with Crippen molar-refractivity contribution in [2.45, 2.75) is 13.2 Å². The Kier molecular flexibility index (Phi) is 4.68. The van der Waals surface area contributed by atoms with Crippen molar-refractivity contribution in [2.75, 3.05) is 0 Å². The van der Waals surface area contributed by atoms with Gasteiger partial charge >= 0.3 is 0 Å². The topological polar surface area (TPSA) is 67.2 Å². The van der Waals surface area contributed by atoms with E-state index in [1.807, 2.05) is 37.5 Å². The molecule has 0 saturated carbocycles. The zero-order chi connectivity index (χ0) is 14.4. The number of carbonyl (C=O) groups excluding carboxylic acids is 1. The fourth-order valence-corrected chi connectivity index (χ4v) is 1.78. The van der Waals surface area contributed by atoms with E-state index in [0.717, 1.165) is 16.7 Å². The van der Waals surface area contributed by atoms with Crippen molar-refractivity contribution in [2.24, 2.45) is 7.05 Å². The summed E-state index contributed by atoms with van der Waals surface area (Å²) in [4.78, 5) is 11.7. The number of aliphatic hydroxyl groups is 1. The molecule has 0 bridgehead atoms. The van der Waals surface area contributed by atoms with Crippen LogP contribution in [0.5, 0.6) is 0 Å². The standard InChI is InChI=1S/C15H17N3O2/c1-18-10-14(9-17-18)5-6-15(20)16-8-12-3-2-4-13(7-12)11-19/h2-7,9-10,19H,8,11H2,1H3,(H,16,20). The van der Waals surface area contributed by atoms with Gasteiger partial charge in [0.1, 0.15) is 0 Å². The van der Waals surface area contributed by atoms with Crippen LogP contribution in [0.2, 0.25) is 0 Å². The molecule has 0 unspecified atom stereocenters. The first-order valence-electron chi connectivity index (χ1n) is 6.30. The van der Waals surface area contributed by atoms with E-state index in [9.17, 15) is 4.79 Å². The minimum absolute atomic E-state index is 0.00267. The van der Waals surface area contributed by atoms with Gasteiger partial charge in [0.05, 0.1) is 12.8 Å². The van der Waals surface area contributed by atoms with Crippen LogP contribution in [0, 0.1) is 0 Å². The summed E-state index contributed by atoms with van der Waals surface area (Å²) in [5.74, 6) is -0.164. The molecular formula is C15H17N3O2. The van der Waals surface area contributed by atoms with Gasteiger partial charge in [0.2, 0.25) is 5.91 Å². The van der Waals surface area contributed by atoms with Crippen LogP contribution in [-0.2, 0) is 25.0 Å². The summed E-state index contributed by atoms with van der Waals surface area (Å²) in [6.45, 7) is 0.437. The van der Waals surface area contributed by atoms with E-state index in [0.29, 0.717) is 6.54 Å². The van der Waals surface area contributed by atoms with Crippen LogP contribution in [0.4, 0.5) is 0 Å². The molecular weight excluding hydrogens is 254 g/mol. The highest BCUT2D eigenvalue weighted by atomic mass is 16.3. The van der Waals surface area contributed by atoms with Crippen molar-refractivity contribution in [1.82, 2.24) is 15.1 Å². The van der Waals surface area contributed by atoms with Crippen LogP contribution in [0.1, 0.15) is 16.7 Å². The largest absolute Gasteiger partial charge is 0.392 e. The molecule has 2 N–H and O–H groups in total. The van der Waals surface area contributed by atoms with Crippen molar-refractivity contribution < 1.29 is 9.90 Å². The third kappa shape index (κ3) is 4.07. The van der Waals surface area contributed by atoms with Crippen molar-refractivity contribution >= 4 is 12.0 Å². The molecule has 5 heteroatoms. The van der Waals surface area contributed by atoms with Gasteiger partial charge in [-0.3, -0.25) is 9.48 Å². The molecule has 1 amide bonds. The number of amides is 1. The minimum Gasteiger partial charge on any atom is -0.392 e. The molecule has 1 aromatic carbocycles.